The number of nitrogens with zero attached hydrogens (tertiary/aromatic N) is 1. The van der Waals surface area contributed by atoms with Crippen molar-refractivity contribution in [3.05, 3.63) is 65.5 Å². The van der Waals surface area contributed by atoms with E-state index < -0.39 is 23.3 Å². The number of rotatable bonds is 5. The van der Waals surface area contributed by atoms with Crippen molar-refractivity contribution in [3.8, 4) is 0 Å². The quantitative estimate of drug-likeness (QED) is 0.873. The lowest BCUT2D eigenvalue weighted by molar-refractivity contribution is -0.126. The highest BCUT2D eigenvalue weighted by Crippen LogP contribution is 2.33. The van der Waals surface area contributed by atoms with Crippen LogP contribution in [0.15, 0.2) is 42.7 Å². The van der Waals surface area contributed by atoms with Crippen LogP contribution in [0.3, 0.4) is 0 Å². The summed E-state index contributed by atoms with van der Waals surface area (Å²) in [7, 11) is 0. The van der Waals surface area contributed by atoms with Crippen molar-refractivity contribution in [2.75, 3.05) is 0 Å². The second-order valence-corrected chi connectivity index (χ2v) is 6.57. The van der Waals surface area contributed by atoms with E-state index in [0.717, 1.165) is 25.0 Å². The molecule has 0 radical (unpaired) electrons. The number of amides is 1. The molecule has 1 atom stereocenters. The number of nitrogens with one attached hydrogen (secondary N) is 1. The third-order valence-electron chi connectivity index (χ3n) is 4.62. The van der Waals surface area contributed by atoms with Gasteiger partial charge in [0.25, 0.3) is 0 Å². The molecule has 1 amide bonds. The molecule has 3 rings (SSSR count). The largest absolute Gasteiger partial charge is 0.389 e. The summed E-state index contributed by atoms with van der Waals surface area (Å²) in [6, 6.07) is 6.33. The molecule has 1 unspecified atom stereocenters. The van der Waals surface area contributed by atoms with Crippen LogP contribution in [0, 0.1) is 11.6 Å². The molecule has 2 aromatic rings. The van der Waals surface area contributed by atoms with Gasteiger partial charge in [-0.15, -0.1) is 0 Å². The van der Waals surface area contributed by atoms with Gasteiger partial charge in [0.05, 0.1) is 18.1 Å². The molecule has 6 heteroatoms. The van der Waals surface area contributed by atoms with Crippen LogP contribution in [0.1, 0.15) is 49.3 Å². The molecule has 1 saturated carbocycles. The van der Waals surface area contributed by atoms with Gasteiger partial charge < -0.3 is 10.4 Å². The zero-order valence-electron chi connectivity index (χ0n) is 13.7. The number of aromatic nitrogens is 1. The monoisotopic (exact) mass is 346 g/mol. The molecule has 1 aliphatic rings. The maximum atomic E-state index is 13.6. The lowest BCUT2D eigenvalue weighted by Gasteiger charge is -2.24. The van der Waals surface area contributed by atoms with Crippen LogP contribution in [0.2, 0.25) is 0 Å². The molecule has 0 saturated heterocycles. The van der Waals surface area contributed by atoms with E-state index in [9.17, 15) is 18.7 Å². The van der Waals surface area contributed by atoms with Crippen molar-refractivity contribution in [1.82, 2.24) is 10.3 Å². The molecular weight excluding hydrogens is 326 g/mol. The summed E-state index contributed by atoms with van der Waals surface area (Å²) in [5, 5.41) is 13.2. The van der Waals surface area contributed by atoms with Gasteiger partial charge in [-0.3, -0.25) is 9.78 Å². The molecule has 1 aromatic carbocycles. The summed E-state index contributed by atoms with van der Waals surface area (Å²) in [5.74, 6) is -2.25. The SMILES string of the molecule is O=C(CC1(O)CCCC1)NC(c1cccnc1)c1ccc(F)c(F)c1. The van der Waals surface area contributed by atoms with Crippen molar-refractivity contribution in [2.45, 2.75) is 43.7 Å². The lowest BCUT2D eigenvalue weighted by atomic mass is 9.95. The first-order valence-corrected chi connectivity index (χ1v) is 8.33. The first-order chi connectivity index (χ1) is 12.0. The van der Waals surface area contributed by atoms with Crippen molar-refractivity contribution >= 4 is 5.91 Å². The standard InChI is InChI=1S/C19H20F2N2O2/c20-15-6-5-13(10-16(15)21)18(14-4-3-9-22-12-14)23-17(24)11-19(25)7-1-2-8-19/h3-6,9-10,12,18,25H,1-2,7-8,11H2,(H,23,24). The molecule has 4 nitrogen and oxygen atoms in total. The number of hydrogen-bond donors (Lipinski definition) is 2. The van der Waals surface area contributed by atoms with E-state index in [2.05, 4.69) is 10.3 Å². The number of hydrogen-bond acceptors (Lipinski definition) is 3. The van der Waals surface area contributed by atoms with E-state index in [1.165, 1.54) is 6.07 Å². The minimum atomic E-state index is -0.977. The molecule has 25 heavy (non-hydrogen) atoms. The van der Waals surface area contributed by atoms with Gasteiger partial charge in [0.1, 0.15) is 0 Å². The van der Waals surface area contributed by atoms with Crippen molar-refractivity contribution in [1.29, 1.82) is 0 Å². The minimum Gasteiger partial charge on any atom is -0.389 e. The highest BCUT2D eigenvalue weighted by molar-refractivity contribution is 5.78. The fraction of sp³-hybridized carbons (Fsp3) is 0.368. The molecule has 1 heterocycles. The number of carbonyl (C=O) groups excluding carboxylic acids is 1. The van der Waals surface area contributed by atoms with Gasteiger partial charge in [-0.05, 0) is 42.2 Å². The average molecular weight is 346 g/mol. The molecule has 132 valence electrons. The van der Waals surface area contributed by atoms with E-state index in [1.807, 2.05) is 0 Å². The third kappa shape index (κ3) is 4.20. The van der Waals surface area contributed by atoms with Crippen molar-refractivity contribution in [3.63, 3.8) is 0 Å². The predicted molar refractivity (Wildman–Crippen MR) is 88.6 cm³/mol. The second kappa shape index (κ2) is 7.27. The second-order valence-electron chi connectivity index (χ2n) is 6.57. The fourth-order valence-electron chi connectivity index (χ4n) is 3.32. The first-order valence-electron chi connectivity index (χ1n) is 8.33. The summed E-state index contributed by atoms with van der Waals surface area (Å²) in [5.41, 5.74) is 0.0939. The zero-order chi connectivity index (χ0) is 17.9. The van der Waals surface area contributed by atoms with Gasteiger partial charge in [-0.25, -0.2) is 8.78 Å². The minimum absolute atomic E-state index is 0.00651. The van der Waals surface area contributed by atoms with Crippen LogP contribution in [0.4, 0.5) is 8.78 Å². The third-order valence-corrected chi connectivity index (χ3v) is 4.62. The fourth-order valence-corrected chi connectivity index (χ4v) is 3.32. The van der Waals surface area contributed by atoms with Gasteiger partial charge in [0, 0.05) is 12.4 Å². The van der Waals surface area contributed by atoms with E-state index >= 15 is 0 Å². The van der Waals surface area contributed by atoms with Crippen LogP contribution in [-0.4, -0.2) is 21.6 Å². The average Bonchev–Trinajstić information content (AvgIpc) is 3.02. The molecule has 0 bridgehead atoms. The Kier molecular flexibility index (Phi) is 5.08. The molecular formula is C19H20F2N2O2. The summed E-state index contributed by atoms with van der Waals surface area (Å²) < 4.78 is 26.9. The van der Waals surface area contributed by atoms with Gasteiger partial charge >= 0.3 is 0 Å². The number of carbonyl (C=O) groups is 1. The lowest BCUT2D eigenvalue weighted by Crippen LogP contribution is -2.37. The van der Waals surface area contributed by atoms with Crippen LogP contribution >= 0.6 is 0 Å². The maximum Gasteiger partial charge on any atom is 0.223 e. The van der Waals surface area contributed by atoms with E-state index in [-0.39, 0.29) is 12.3 Å². The Bertz CT molecular complexity index is 746. The number of benzene rings is 1. The Morgan fingerprint density at radius 3 is 2.60 bits per heavy atom. The van der Waals surface area contributed by atoms with Crippen LogP contribution in [0.25, 0.3) is 0 Å². The molecule has 1 aromatic heterocycles. The summed E-state index contributed by atoms with van der Waals surface area (Å²) >= 11 is 0. The molecule has 1 aliphatic carbocycles. The van der Waals surface area contributed by atoms with Gasteiger partial charge in [0.2, 0.25) is 5.91 Å². The Balaban J connectivity index is 1.84. The van der Waals surface area contributed by atoms with Crippen molar-refractivity contribution < 1.29 is 18.7 Å². The highest BCUT2D eigenvalue weighted by atomic mass is 19.2. The van der Waals surface area contributed by atoms with Crippen LogP contribution < -0.4 is 5.32 Å². The molecule has 0 aliphatic heterocycles. The van der Waals surface area contributed by atoms with E-state index in [4.69, 9.17) is 0 Å². The Morgan fingerprint density at radius 1 is 1.20 bits per heavy atom. The maximum absolute atomic E-state index is 13.6. The van der Waals surface area contributed by atoms with Crippen LogP contribution in [0.5, 0.6) is 0 Å². The summed E-state index contributed by atoms with van der Waals surface area (Å²) in [4.78, 5) is 16.5. The molecule has 2 N–H and O–H groups in total. The zero-order valence-corrected chi connectivity index (χ0v) is 13.7. The van der Waals surface area contributed by atoms with E-state index in [0.29, 0.717) is 24.0 Å². The normalized spacial score (nSPS) is 17.2. The van der Waals surface area contributed by atoms with Gasteiger partial charge in [-0.1, -0.05) is 25.0 Å². The number of aliphatic hydroxyl groups is 1. The Morgan fingerprint density at radius 2 is 1.96 bits per heavy atom. The summed E-state index contributed by atoms with van der Waals surface area (Å²) in [6.45, 7) is 0. The van der Waals surface area contributed by atoms with E-state index in [1.54, 1.807) is 24.5 Å². The Labute approximate surface area is 144 Å². The summed E-state index contributed by atoms with van der Waals surface area (Å²) in [6.07, 6.45) is 6.16. The number of pyridine rings is 1. The predicted octanol–water partition coefficient (Wildman–Crippen LogP) is 3.26. The number of halogens is 2. The first kappa shape index (κ1) is 17.5. The van der Waals surface area contributed by atoms with Crippen molar-refractivity contribution in [2.24, 2.45) is 0 Å². The van der Waals surface area contributed by atoms with Gasteiger partial charge in [-0.2, -0.15) is 0 Å². The highest BCUT2D eigenvalue weighted by Gasteiger charge is 2.34. The molecule has 0 spiro atoms. The smallest absolute Gasteiger partial charge is 0.223 e. The Hall–Kier alpha value is -2.34. The molecule has 1 fully saturated rings. The van der Waals surface area contributed by atoms with Gasteiger partial charge in [0.15, 0.2) is 11.6 Å². The topological polar surface area (TPSA) is 62.2 Å². The van der Waals surface area contributed by atoms with Crippen LogP contribution in [-0.2, 0) is 4.79 Å².